The summed E-state index contributed by atoms with van der Waals surface area (Å²) in [4.78, 5) is 23.5. The molecule has 0 saturated carbocycles. The number of ether oxygens (including phenoxy) is 2. The Balaban J connectivity index is 2.25. The van der Waals surface area contributed by atoms with Crippen LogP contribution in [0, 0.1) is 0 Å². The summed E-state index contributed by atoms with van der Waals surface area (Å²) in [6, 6.07) is 3.52. The summed E-state index contributed by atoms with van der Waals surface area (Å²) in [6.07, 6.45) is -4.82. The molecule has 1 aromatic carbocycles. The summed E-state index contributed by atoms with van der Waals surface area (Å²) >= 11 is 5.12. The van der Waals surface area contributed by atoms with Crippen molar-refractivity contribution in [3.8, 4) is 11.5 Å². The molecule has 21 heavy (non-hydrogen) atoms. The predicted molar refractivity (Wildman–Crippen MR) is 64.9 cm³/mol. The fourth-order valence-corrected chi connectivity index (χ4v) is 1.98. The van der Waals surface area contributed by atoms with Crippen LogP contribution in [0.25, 0.3) is 0 Å². The molecule has 0 bridgehead atoms. The van der Waals surface area contributed by atoms with Crippen LogP contribution in [0.5, 0.6) is 11.5 Å². The Labute approximate surface area is 122 Å². The fourth-order valence-electron chi connectivity index (χ4n) is 1.87. The largest absolute Gasteiger partial charge is 0.573 e. The van der Waals surface area contributed by atoms with Crippen molar-refractivity contribution in [2.45, 2.75) is 12.9 Å². The number of nitrogens with zero attached hydrogens (tertiary/aromatic N) is 1. The van der Waals surface area contributed by atoms with Crippen molar-refractivity contribution in [2.75, 3.05) is 13.2 Å². The molecule has 9 heteroatoms. The smallest absolute Gasteiger partial charge is 0.491 e. The van der Waals surface area contributed by atoms with Gasteiger partial charge in [-0.2, -0.15) is 0 Å². The van der Waals surface area contributed by atoms with E-state index in [-0.39, 0.29) is 19.7 Å². The molecule has 1 heterocycles. The van der Waals surface area contributed by atoms with Gasteiger partial charge in [0.2, 0.25) is 0 Å². The van der Waals surface area contributed by atoms with Crippen molar-refractivity contribution in [1.82, 2.24) is 4.90 Å². The minimum atomic E-state index is -4.82. The Morgan fingerprint density at radius 2 is 2.05 bits per heavy atom. The summed E-state index contributed by atoms with van der Waals surface area (Å²) in [5, 5.41) is -1.17. The van der Waals surface area contributed by atoms with Crippen LogP contribution in [0.15, 0.2) is 18.2 Å². The van der Waals surface area contributed by atoms with E-state index in [0.29, 0.717) is 11.3 Å². The number of carbonyl (C=O) groups is 2. The lowest BCUT2D eigenvalue weighted by Crippen LogP contribution is -2.35. The van der Waals surface area contributed by atoms with Crippen LogP contribution in [0.3, 0.4) is 0 Å². The third-order valence-electron chi connectivity index (χ3n) is 2.70. The molecule has 0 aromatic heterocycles. The summed E-state index contributed by atoms with van der Waals surface area (Å²) in [6.45, 7) is 0.103. The van der Waals surface area contributed by atoms with Gasteiger partial charge in [0.25, 0.3) is 0 Å². The third-order valence-corrected chi connectivity index (χ3v) is 2.86. The molecule has 0 N–H and O–H groups in total. The SMILES string of the molecule is O=C(Cl)C(=O)N1CCOc2ccc(OC(F)(F)F)cc2C1. The molecule has 0 unspecified atom stereocenters. The normalized spacial score (nSPS) is 14.8. The molecule has 1 amide bonds. The standard InChI is InChI=1S/C12H9ClF3NO4/c13-10(18)11(19)17-3-4-20-9-2-1-8(5-7(9)6-17)21-12(14,15)16/h1-2,5H,3-4,6H2. The summed E-state index contributed by atoms with van der Waals surface area (Å²) in [5.41, 5.74) is 0.292. The maximum Gasteiger partial charge on any atom is 0.573 e. The lowest BCUT2D eigenvalue weighted by atomic mass is 10.2. The van der Waals surface area contributed by atoms with Crippen molar-refractivity contribution in [2.24, 2.45) is 0 Å². The molecular weight excluding hydrogens is 315 g/mol. The highest BCUT2D eigenvalue weighted by molar-refractivity contribution is 6.80. The Morgan fingerprint density at radius 3 is 2.67 bits per heavy atom. The van der Waals surface area contributed by atoms with E-state index in [0.717, 1.165) is 17.0 Å². The molecule has 1 aliphatic heterocycles. The molecule has 0 radical (unpaired) electrons. The molecule has 0 aliphatic carbocycles. The first-order chi connectivity index (χ1) is 9.76. The molecule has 114 valence electrons. The average Bonchev–Trinajstić information content (AvgIpc) is 2.57. The minimum Gasteiger partial charge on any atom is -0.491 e. The number of carbonyl (C=O) groups excluding carboxylic acids is 2. The Morgan fingerprint density at radius 1 is 1.33 bits per heavy atom. The Kier molecular flexibility index (Phi) is 4.26. The van der Waals surface area contributed by atoms with Crippen LogP contribution in [0.2, 0.25) is 0 Å². The van der Waals surface area contributed by atoms with Gasteiger partial charge in [0.15, 0.2) is 0 Å². The number of amides is 1. The average molecular weight is 324 g/mol. The van der Waals surface area contributed by atoms with E-state index in [1.165, 1.54) is 6.07 Å². The van der Waals surface area contributed by atoms with Gasteiger partial charge in [-0.15, -0.1) is 13.2 Å². The maximum absolute atomic E-state index is 12.2. The number of alkyl halides is 3. The number of rotatable bonds is 2. The topological polar surface area (TPSA) is 55.8 Å². The second kappa shape index (κ2) is 5.80. The van der Waals surface area contributed by atoms with Crippen molar-refractivity contribution in [1.29, 1.82) is 0 Å². The third kappa shape index (κ3) is 4.01. The quantitative estimate of drug-likeness (QED) is 0.617. The molecule has 0 fully saturated rings. The monoisotopic (exact) mass is 323 g/mol. The van der Waals surface area contributed by atoms with Gasteiger partial charge in [-0.1, -0.05) is 0 Å². The summed E-state index contributed by atoms with van der Waals surface area (Å²) < 4.78 is 45.7. The highest BCUT2D eigenvalue weighted by atomic mass is 35.5. The van der Waals surface area contributed by atoms with Crippen LogP contribution < -0.4 is 9.47 Å². The Hall–Kier alpha value is -1.96. The van der Waals surface area contributed by atoms with E-state index < -0.39 is 23.3 Å². The number of fused-ring (bicyclic) bond motifs is 1. The molecule has 2 rings (SSSR count). The molecular formula is C12H9ClF3NO4. The van der Waals surface area contributed by atoms with Gasteiger partial charge in [0, 0.05) is 5.56 Å². The van der Waals surface area contributed by atoms with Crippen LogP contribution in [0.4, 0.5) is 13.2 Å². The van der Waals surface area contributed by atoms with Crippen molar-refractivity contribution in [3.63, 3.8) is 0 Å². The van der Waals surface area contributed by atoms with E-state index >= 15 is 0 Å². The van der Waals surface area contributed by atoms with Gasteiger partial charge in [-0.25, -0.2) is 0 Å². The van der Waals surface area contributed by atoms with Gasteiger partial charge in [0.1, 0.15) is 18.1 Å². The molecule has 0 saturated heterocycles. The van der Waals surface area contributed by atoms with Gasteiger partial charge < -0.3 is 14.4 Å². The predicted octanol–water partition coefficient (Wildman–Crippen LogP) is 2.07. The van der Waals surface area contributed by atoms with Gasteiger partial charge in [-0.05, 0) is 29.8 Å². The maximum atomic E-state index is 12.2. The van der Waals surface area contributed by atoms with Crippen molar-refractivity contribution >= 4 is 22.8 Å². The number of hydrogen-bond acceptors (Lipinski definition) is 4. The van der Waals surface area contributed by atoms with Crippen LogP contribution in [0.1, 0.15) is 5.56 Å². The molecule has 5 nitrogen and oxygen atoms in total. The van der Waals surface area contributed by atoms with E-state index in [1.807, 2.05) is 0 Å². The summed E-state index contributed by atoms with van der Waals surface area (Å²) in [7, 11) is 0. The molecule has 1 aromatic rings. The van der Waals surface area contributed by atoms with Gasteiger partial charge in [-0.3, -0.25) is 9.59 Å². The zero-order valence-corrected chi connectivity index (χ0v) is 11.2. The van der Waals surface area contributed by atoms with Crippen LogP contribution >= 0.6 is 11.6 Å². The number of benzene rings is 1. The highest BCUT2D eigenvalue weighted by Gasteiger charge is 2.32. The van der Waals surface area contributed by atoms with E-state index in [4.69, 9.17) is 16.3 Å². The number of hydrogen-bond donors (Lipinski definition) is 0. The minimum absolute atomic E-state index is 0.0956. The van der Waals surface area contributed by atoms with Crippen LogP contribution in [-0.2, 0) is 16.1 Å². The number of halogens is 4. The van der Waals surface area contributed by atoms with E-state index in [2.05, 4.69) is 4.74 Å². The Bertz CT molecular complexity index is 576. The zero-order valence-electron chi connectivity index (χ0n) is 10.4. The zero-order chi connectivity index (χ0) is 15.6. The second-order valence-corrected chi connectivity index (χ2v) is 4.51. The highest BCUT2D eigenvalue weighted by Crippen LogP contribution is 2.30. The first kappa shape index (κ1) is 15.4. The summed E-state index contributed by atoms with van der Waals surface area (Å²) in [5.74, 6) is -1.05. The second-order valence-electron chi connectivity index (χ2n) is 4.17. The molecule has 1 aliphatic rings. The lowest BCUT2D eigenvalue weighted by molar-refractivity contribution is -0.274. The van der Waals surface area contributed by atoms with Crippen molar-refractivity contribution in [3.05, 3.63) is 23.8 Å². The van der Waals surface area contributed by atoms with Crippen LogP contribution in [-0.4, -0.2) is 35.6 Å². The molecule has 0 atom stereocenters. The van der Waals surface area contributed by atoms with Crippen molar-refractivity contribution < 1.29 is 32.2 Å². The van der Waals surface area contributed by atoms with E-state index in [1.54, 1.807) is 0 Å². The van der Waals surface area contributed by atoms with E-state index in [9.17, 15) is 22.8 Å². The lowest BCUT2D eigenvalue weighted by Gasteiger charge is -2.17. The molecule has 0 spiro atoms. The first-order valence-electron chi connectivity index (χ1n) is 5.76. The van der Waals surface area contributed by atoms with Gasteiger partial charge in [0.05, 0.1) is 13.1 Å². The van der Waals surface area contributed by atoms with Gasteiger partial charge >= 0.3 is 17.5 Å². The fraction of sp³-hybridized carbons (Fsp3) is 0.333. The first-order valence-corrected chi connectivity index (χ1v) is 6.14.